The highest BCUT2D eigenvalue weighted by Gasteiger charge is 2.58. The summed E-state index contributed by atoms with van der Waals surface area (Å²) < 4.78 is 17.1. The molecule has 2 aromatic carbocycles. The third-order valence-corrected chi connectivity index (χ3v) is 15.2. The average Bonchev–Trinajstić information content (AvgIpc) is 4.16. The second-order valence-corrected chi connectivity index (χ2v) is 21.0. The van der Waals surface area contributed by atoms with Gasteiger partial charge in [-0.15, -0.1) is 0 Å². The van der Waals surface area contributed by atoms with E-state index in [0.717, 1.165) is 47.9 Å². The molecule has 6 saturated carbocycles. The molecular formula is C49H50Cl4N16O4. The van der Waals surface area contributed by atoms with Crippen molar-refractivity contribution >= 4 is 70.4 Å². The van der Waals surface area contributed by atoms with Crippen LogP contribution in [0.5, 0.6) is 11.5 Å². The van der Waals surface area contributed by atoms with Crippen LogP contribution in [0.25, 0.3) is 22.5 Å². The van der Waals surface area contributed by atoms with Crippen LogP contribution in [0.2, 0.25) is 20.1 Å². The zero-order valence-electron chi connectivity index (χ0n) is 39.3. The number of nitrogens with one attached hydrogen (secondary N) is 3. The number of amides is 3. The van der Waals surface area contributed by atoms with E-state index < -0.39 is 0 Å². The zero-order valence-corrected chi connectivity index (χ0v) is 42.3. The van der Waals surface area contributed by atoms with Crippen molar-refractivity contribution in [3.05, 3.63) is 123 Å². The van der Waals surface area contributed by atoms with E-state index >= 15 is 0 Å². The summed E-state index contributed by atoms with van der Waals surface area (Å²) in [5.74, 6) is 3.04. The van der Waals surface area contributed by atoms with Crippen LogP contribution >= 0.6 is 46.4 Å². The maximum Gasteiger partial charge on any atom is 0.327 e. The normalized spacial score (nSPS) is 21.1. The van der Waals surface area contributed by atoms with Gasteiger partial charge in [0.05, 0.1) is 70.1 Å². The zero-order chi connectivity index (χ0) is 50.4. The molecule has 7 N–H and O–H groups in total. The summed E-state index contributed by atoms with van der Waals surface area (Å²) in [7, 11) is 0. The first-order valence-electron chi connectivity index (χ1n) is 23.9. The molecule has 20 nitrogen and oxygen atoms in total. The number of hydrogen-bond acceptors (Lipinski definition) is 14. The Balaban J connectivity index is 0.000000129. The fourth-order valence-corrected chi connectivity index (χ4v) is 11.5. The minimum atomic E-state index is -0.0847. The Hall–Kier alpha value is -6.71. The number of nitrogen functional groups attached to an aromatic ring is 2. The van der Waals surface area contributed by atoms with Crippen molar-refractivity contribution in [2.45, 2.75) is 88.9 Å². The molecule has 0 radical (unpaired) electrons. The standard InChI is InChI=1S/C23H23Cl2N7O2.C17H16Cl2N6O.C9H11N3O/c24-14-6-16(25)19(18(7-14)34-5-4-32-3-1-2-27-32)20-15-11-31(12-17(15)28-21(26)29-20)22(33)30-23-8-13(9-23)10-23;18-10-6-12(19)15(14(7-10)26-5-4-25-3-1-2-22-25)16-11-8-21-9-13(11)23-17(20)24-16;13-8(12-2-1-10-6-12)11-9-3-7(4-9)5-9/h1-3,6-7,13H,4-5,8-12H2,(H,30,33)(H2,26,28,29);1-3,6-7,21H,4-5,8-9H2,(H2,20,23,24);1-2,6-7H,3-5H2,(H,11,13). The Morgan fingerprint density at radius 3 is 1.68 bits per heavy atom. The van der Waals surface area contributed by atoms with Crippen LogP contribution < -0.4 is 36.9 Å². The first-order chi connectivity index (χ1) is 35.3. The number of benzene rings is 2. The number of urea groups is 1. The fourth-order valence-electron chi connectivity index (χ4n) is 10.4. The molecule has 4 bridgehead atoms. The van der Waals surface area contributed by atoms with Crippen molar-refractivity contribution in [3.8, 4) is 34.0 Å². The van der Waals surface area contributed by atoms with Gasteiger partial charge in [-0.3, -0.25) is 13.9 Å². The monoisotopic (exact) mass is 1070 g/mol. The van der Waals surface area contributed by atoms with E-state index in [1.165, 1.54) is 30.2 Å². The molecule has 0 saturated heterocycles. The minimum absolute atomic E-state index is 0.000860. The highest BCUT2D eigenvalue weighted by atomic mass is 35.5. The molecule has 0 atom stereocenters. The lowest BCUT2D eigenvalue weighted by atomic mass is 9.50. The maximum absolute atomic E-state index is 13.0. The molecular weight excluding hydrogens is 1020 g/mol. The number of halogens is 4. The number of rotatable bonds is 12. The molecule has 6 fully saturated rings. The summed E-state index contributed by atoms with van der Waals surface area (Å²) in [6, 6.07) is 10.3. The summed E-state index contributed by atoms with van der Waals surface area (Å²) in [6.45, 7) is 3.94. The first-order valence-corrected chi connectivity index (χ1v) is 25.4. The SMILES string of the molecule is Nc1nc2c(c(-c3c(Cl)cc(Cl)cc3OCCn3cccn3)n1)CN(C(=O)NC13CC(C1)C3)C2.Nc1nc2c(c(-c3c(Cl)cc(Cl)cc3OCCn3cccn3)n1)CNC2.O=C(NC12CC(C1)C2)n1ccnc1. The van der Waals surface area contributed by atoms with Crippen LogP contribution in [0.4, 0.5) is 21.5 Å². The Morgan fingerprint density at radius 2 is 1.19 bits per heavy atom. The summed E-state index contributed by atoms with van der Waals surface area (Å²) in [6.07, 6.45) is 18.7. The number of aromatic nitrogens is 10. The number of nitrogens with two attached hydrogens (primary N) is 2. The van der Waals surface area contributed by atoms with Crippen molar-refractivity contribution in [1.82, 2.24) is 69.9 Å². The summed E-state index contributed by atoms with van der Waals surface area (Å²) in [5, 5.41) is 19.6. The molecule has 2 aliphatic heterocycles. The molecule has 6 aliphatic carbocycles. The third kappa shape index (κ3) is 10.2. The van der Waals surface area contributed by atoms with Gasteiger partial charge in [0, 0.05) is 82.5 Å². The number of hydrogen-bond donors (Lipinski definition) is 5. The average molecular weight is 1070 g/mol. The molecule has 24 heteroatoms. The van der Waals surface area contributed by atoms with E-state index in [-0.39, 0.29) is 35.0 Å². The van der Waals surface area contributed by atoms with Gasteiger partial charge in [0.25, 0.3) is 0 Å². The second-order valence-electron chi connectivity index (χ2n) is 19.3. The van der Waals surface area contributed by atoms with E-state index in [2.05, 4.69) is 51.1 Å². The van der Waals surface area contributed by atoms with Crippen LogP contribution in [0, 0.1) is 11.8 Å². The van der Waals surface area contributed by atoms with E-state index in [1.54, 1.807) is 63.3 Å². The molecule has 8 aliphatic rings. The molecule has 0 spiro atoms. The third-order valence-electron chi connectivity index (χ3n) is 14.1. The van der Waals surface area contributed by atoms with Crippen LogP contribution in [0.15, 0.2) is 79.9 Å². The number of nitrogens with zero attached hydrogens (tertiary/aromatic N) is 11. The lowest BCUT2D eigenvalue weighted by molar-refractivity contribution is -0.0434. The summed E-state index contributed by atoms with van der Waals surface area (Å²) >= 11 is 25.6. The fraction of sp³-hybridized carbons (Fsp3) is 0.367. The number of fused-ring (bicyclic) bond motifs is 2. The van der Waals surface area contributed by atoms with Gasteiger partial charge in [-0.1, -0.05) is 46.4 Å². The van der Waals surface area contributed by atoms with Crippen LogP contribution in [-0.4, -0.2) is 90.3 Å². The Kier molecular flexibility index (Phi) is 13.3. The lowest BCUT2D eigenvalue weighted by Gasteiger charge is -2.61. The van der Waals surface area contributed by atoms with Gasteiger partial charge >= 0.3 is 12.1 Å². The quantitative estimate of drug-likeness (QED) is 0.0784. The number of imidazole rings is 1. The summed E-state index contributed by atoms with van der Waals surface area (Å²) in [4.78, 5) is 47.7. The largest absolute Gasteiger partial charge is 0.491 e. The van der Waals surface area contributed by atoms with E-state index in [9.17, 15) is 9.59 Å². The van der Waals surface area contributed by atoms with E-state index in [1.807, 2.05) is 24.5 Å². The minimum Gasteiger partial charge on any atom is -0.491 e. The number of anilines is 2. The van der Waals surface area contributed by atoms with Gasteiger partial charge < -0.3 is 41.8 Å². The molecule has 0 unspecified atom stereocenters. The van der Waals surface area contributed by atoms with Crippen molar-refractivity contribution in [2.24, 2.45) is 11.8 Å². The Bertz CT molecular complexity index is 3160. The highest BCUT2D eigenvalue weighted by Crippen LogP contribution is 2.58. The molecule has 73 heavy (non-hydrogen) atoms. The molecule has 3 amide bonds. The van der Waals surface area contributed by atoms with Crippen molar-refractivity contribution < 1.29 is 19.1 Å². The predicted octanol–water partition coefficient (Wildman–Crippen LogP) is 7.79. The number of carbonyl (C=O) groups is 2. The molecule has 7 heterocycles. The van der Waals surface area contributed by atoms with Gasteiger partial charge in [-0.25, -0.2) is 34.5 Å². The Labute approximate surface area is 439 Å². The number of ether oxygens (including phenoxy) is 2. The molecule has 7 aromatic rings. The lowest BCUT2D eigenvalue weighted by Crippen LogP contribution is -2.69. The number of carbonyl (C=O) groups excluding carboxylic acids is 2. The van der Waals surface area contributed by atoms with Gasteiger partial charge in [0.2, 0.25) is 11.9 Å². The molecule has 5 aromatic heterocycles. The molecule has 378 valence electrons. The van der Waals surface area contributed by atoms with Gasteiger partial charge in [0.1, 0.15) is 31.0 Å². The van der Waals surface area contributed by atoms with Gasteiger partial charge in [0.15, 0.2) is 0 Å². The van der Waals surface area contributed by atoms with Crippen molar-refractivity contribution in [2.75, 3.05) is 24.7 Å². The predicted molar refractivity (Wildman–Crippen MR) is 274 cm³/mol. The van der Waals surface area contributed by atoms with Gasteiger partial charge in [-0.05, 0) is 86.8 Å². The van der Waals surface area contributed by atoms with E-state index in [0.29, 0.717) is 112 Å². The van der Waals surface area contributed by atoms with Gasteiger partial charge in [-0.2, -0.15) is 10.2 Å². The smallest absolute Gasteiger partial charge is 0.327 e. The van der Waals surface area contributed by atoms with E-state index in [4.69, 9.17) is 67.3 Å². The first kappa shape index (κ1) is 48.6. The topological polar surface area (TPSA) is 249 Å². The van der Waals surface area contributed by atoms with Crippen LogP contribution in [0.3, 0.4) is 0 Å². The van der Waals surface area contributed by atoms with Crippen molar-refractivity contribution in [3.63, 3.8) is 0 Å². The maximum atomic E-state index is 13.0. The highest BCUT2D eigenvalue weighted by molar-refractivity contribution is 6.37. The molecule has 15 rings (SSSR count). The van der Waals surface area contributed by atoms with Crippen LogP contribution in [-0.2, 0) is 39.3 Å². The van der Waals surface area contributed by atoms with Crippen LogP contribution in [0.1, 0.15) is 61.0 Å². The van der Waals surface area contributed by atoms with Crippen molar-refractivity contribution in [1.29, 1.82) is 0 Å². The summed E-state index contributed by atoms with van der Waals surface area (Å²) in [5.41, 5.74) is 18.0. The Morgan fingerprint density at radius 1 is 0.658 bits per heavy atom. The second kappa shape index (κ2) is 20.0.